The molecule has 3 amide bonds. The number of aliphatic imine (C=N–C) groups is 1. The molecule has 18 heteroatoms. The van der Waals surface area contributed by atoms with Gasteiger partial charge < -0.3 is 29.7 Å². The Kier molecular flexibility index (Phi) is 15.9. The number of methoxy groups -OCH3 is 1. The van der Waals surface area contributed by atoms with Crippen molar-refractivity contribution in [2.24, 2.45) is 4.99 Å². The minimum absolute atomic E-state index is 0.0365. The Labute approximate surface area is 440 Å². The molecule has 74 heavy (non-hydrogen) atoms. The second-order valence-corrected chi connectivity index (χ2v) is 24.4. The summed E-state index contributed by atoms with van der Waals surface area (Å²) in [7, 11) is -0.126. The molecule has 4 aliphatic rings. The number of nitrogens with one attached hydrogen (secondary N) is 2. The lowest BCUT2D eigenvalue weighted by molar-refractivity contribution is -0.118. The quantitative estimate of drug-likeness (QED) is 0.0358. The van der Waals surface area contributed by atoms with Gasteiger partial charge in [-0.05, 0) is 141 Å². The Morgan fingerprint density at radius 2 is 1.53 bits per heavy atom. The molecule has 0 aliphatic carbocycles. The van der Waals surface area contributed by atoms with Crippen molar-refractivity contribution in [3.05, 3.63) is 136 Å². The van der Waals surface area contributed by atoms with Crippen LogP contribution >= 0.6 is 21.6 Å². The summed E-state index contributed by atoms with van der Waals surface area (Å²) < 4.78 is 52.1. The van der Waals surface area contributed by atoms with Gasteiger partial charge in [0.1, 0.15) is 24.2 Å². The number of hydrogen-bond acceptors (Lipinski definition) is 13. The molecule has 5 aromatic carbocycles. The summed E-state index contributed by atoms with van der Waals surface area (Å²) in [4.78, 5) is 62.9. The Morgan fingerprint density at radius 3 is 2.23 bits per heavy atom. The summed E-state index contributed by atoms with van der Waals surface area (Å²) in [5.74, 6) is 0.800. The number of fused-ring (bicyclic) bond motifs is 8. The fraction of sp³-hybridized carbons (Fsp3) is 0.375. The van der Waals surface area contributed by atoms with E-state index in [2.05, 4.69) is 16.7 Å². The Morgan fingerprint density at radius 1 is 0.851 bits per heavy atom. The van der Waals surface area contributed by atoms with Crippen LogP contribution in [0.15, 0.2) is 96.0 Å². The van der Waals surface area contributed by atoms with Crippen LogP contribution < -0.4 is 34.6 Å². The average molecular weight is 1060 g/mol. The van der Waals surface area contributed by atoms with Gasteiger partial charge in [0.15, 0.2) is 17.3 Å². The normalized spacial score (nSPS) is 17.0. The summed E-state index contributed by atoms with van der Waals surface area (Å²) >= 11 is 0. The first-order chi connectivity index (χ1) is 35.5. The first-order valence-electron chi connectivity index (χ1n) is 24.9. The van der Waals surface area contributed by atoms with Crippen molar-refractivity contribution < 1.29 is 46.4 Å². The Balaban J connectivity index is 0.907. The molecule has 0 spiro atoms. The second-order valence-electron chi connectivity index (χ2n) is 19.7. The third-order valence-electron chi connectivity index (χ3n) is 13.9. The smallest absolute Gasteiger partial charge is 0.275 e. The Bertz CT molecular complexity index is 3140. The van der Waals surface area contributed by atoms with E-state index in [1.165, 1.54) is 27.2 Å². The van der Waals surface area contributed by atoms with Gasteiger partial charge in [0.25, 0.3) is 21.9 Å². The number of hydrogen-bond donors (Lipinski definition) is 3. The number of amides is 3. The van der Waals surface area contributed by atoms with E-state index < -0.39 is 25.9 Å². The number of anilines is 3. The van der Waals surface area contributed by atoms with Crippen molar-refractivity contribution >= 4 is 84.2 Å². The summed E-state index contributed by atoms with van der Waals surface area (Å²) in [5.41, 5.74) is 9.39. The van der Waals surface area contributed by atoms with Crippen LogP contribution in [-0.4, -0.2) is 90.7 Å². The van der Waals surface area contributed by atoms with E-state index in [-0.39, 0.29) is 62.4 Å². The lowest BCUT2D eigenvalue weighted by Gasteiger charge is -2.23. The van der Waals surface area contributed by atoms with Crippen molar-refractivity contribution in [3.63, 3.8) is 0 Å². The van der Waals surface area contributed by atoms with E-state index in [9.17, 15) is 32.1 Å². The highest BCUT2D eigenvalue weighted by molar-refractivity contribution is 8.77. The summed E-state index contributed by atoms with van der Waals surface area (Å²) in [6, 6.07) is 28.8. The first-order valence-corrected chi connectivity index (χ1v) is 28.7. The largest absolute Gasteiger partial charge is 0.493 e. The average Bonchev–Trinajstić information content (AvgIpc) is 3.87. The molecule has 9 rings (SSSR count). The minimum atomic E-state index is -4.56. The van der Waals surface area contributed by atoms with Gasteiger partial charge in [0.05, 0.1) is 30.9 Å². The zero-order chi connectivity index (χ0) is 52.3. The van der Waals surface area contributed by atoms with E-state index in [0.29, 0.717) is 71.3 Å². The molecule has 0 aromatic heterocycles. The van der Waals surface area contributed by atoms with Gasteiger partial charge in [0.2, 0.25) is 5.91 Å². The highest BCUT2D eigenvalue weighted by Crippen LogP contribution is 2.43. The number of ketones is 1. The standard InChI is InChI=1S/C56H61N5O10S3/c1-6-57-31-48(62)52(74(66,67)68)18-20-72-73-56(3,4)19-17-53(63)59-40-23-35(32-70-49-29-45-44(21-34(49)2)55(65)61-42(30-58-45)26-39-12-8-10-14-47(39)61)22-36(24-40)33-71-51-27-37-15-16-41-25-38-11-7-9-13-46(38)60(41)54(64)43(37)28-50(51)69-5/h7-14,21-24,27-30,41-42,52,57H,6,15-20,25-26,31-33H2,1-5H3,(H,59,63)(H,66,67,68)/t41-,42+,52?/m1/s1. The number of carbonyl (C=O) groups excluding carboxylic acids is 4. The second kappa shape index (κ2) is 22.3. The van der Waals surface area contributed by atoms with Crippen LogP contribution in [0.5, 0.6) is 17.2 Å². The molecule has 0 fully saturated rings. The maximum absolute atomic E-state index is 14.1. The lowest BCUT2D eigenvalue weighted by Crippen LogP contribution is -2.37. The fourth-order valence-electron chi connectivity index (χ4n) is 10.1. The van der Waals surface area contributed by atoms with Gasteiger partial charge in [-0.1, -0.05) is 64.9 Å². The van der Waals surface area contributed by atoms with Gasteiger partial charge in [-0.15, -0.1) is 0 Å². The van der Waals surface area contributed by atoms with Crippen LogP contribution in [-0.2, 0) is 52.2 Å². The number of nitrogens with zero attached hydrogens (tertiary/aromatic N) is 3. The molecular weight excluding hydrogens is 999 g/mol. The molecule has 388 valence electrons. The molecule has 4 heterocycles. The third kappa shape index (κ3) is 11.7. The first kappa shape index (κ1) is 52.7. The van der Waals surface area contributed by atoms with Crippen molar-refractivity contribution in [1.29, 1.82) is 0 Å². The number of likely N-dealkylation sites (N-methyl/N-ethyl adjacent to an activating group) is 1. The van der Waals surface area contributed by atoms with E-state index >= 15 is 0 Å². The molecule has 0 bridgehead atoms. The molecule has 0 saturated heterocycles. The number of carbonyl (C=O) groups is 4. The molecule has 1 unspecified atom stereocenters. The highest BCUT2D eigenvalue weighted by Gasteiger charge is 2.39. The van der Waals surface area contributed by atoms with E-state index in [1.807, 2.05) is 110 Å². The lowest BCUT2D eigenvalue weighted by atomic mass is 9.99. The monoisotopic (exact) mass is 1060 g/mol. The van der Waals surface area contributed by atoms with Gasteiger partial charge in [0, 0.05) is 64.3 Å². The predicted octanol–water partition coefficient (Wildman–Crippen LogP) is 9.67. The van der Waals surface area contributed by atoms with Gasteiger partial charge in [-0.25, -0.2) is 0 Å². The maximum Gasteiger partial charge on any atom is 0.275 e. The highest BCUT2D eigenvalue weighted by atomic mass is 33.1. The summed E-state index contributed by atoms with van der Waals surface area (Å²) in [6.45, 7) is 8.24. The van der Waals surface area contributed by atoms with Crippen LogP contribution in [0.3, 0.4) is 0 Å². The number of aryl methyl sites for hydroxylation is 2. The van der Waals surface area contributed by atoms with Gasteiger partial charge >= 0.3 is 0 Å². The number of ether oxygens (including phenoxy) is 3. The van der Waals surface area contributed by atoms with Crippen LogP contribution in [0.2, 0.25) is 0 Å². The number of para-hydroxylation sites is 2. The zero-order valence-corrected chi connectivity index (χ0v) is 44.6. The van der Waals surface area contributed by atoms with Crippen LogP contribution in [0.1, 0.15) is 101 Å². The van der Waals surface area contributed by atoms with Crippen molar-refractivity contribution in [1.82, 2.24) is 5.32 Å². The van der Waals surface area contributed by atoms with Crippen LogP contribution in [0.25, 0.3) is 0 Å². The molecule has 0 radical (unpaired) electrons. The molecule has 5 aromatic rings. The molecule has 4 aliphatic heterocycles. The van der Waals surface area contributed by atoms with E-state index in [1.54, 1.807) is 26.2 Å². The molecular formula is C56H61N5O10S3. The third-order valence-corrected chi connectivity index (χ3v) is 18.5. The number of benzene rings is 5. The van der Waals surface area contributed by atoms with Crippen LogP contribution in [0, 0.1) is 6.92 Å². The van der Waals surface area contributed by atoms with Gasteiger partial charge in [-0.2, -0.15) is 8.42 Å². The molecule has 3 N–H and O–H groups in total. The van der Waals surface area contributed by atoms with Gasteiger partial charge in [-0.3, -0.25) is 33.6 Å². The Hall–Kier alpha value is -6.18. The topological polar surface area (TPSA) is 193 Å². The zero-order valence-electron chi connectivity index (χ0n) is 42.1. The molecule has 3 atom stereocenters. The molecule has 15 nitrogen and oxygen atoms in total. The van der Waals surface area contributed by atoms with Crippen molar-refractivity contribution in [2.45, 2.75) is 108 Å². The number of Topliss-reactive ketones (excluding diaryl/α,β-unsaturated/α-hetero) is 1. The summed E-state index contributed by atoms with van der Waals surface area (Å²) in [6.07, 6.45) is 5.44. The fourth-order valence-corrected chi connectivity index (χ4v) is 13.7. The summed E-state index contributed by atoms with van der Waals surface area (Å²) in [5, 5.41) is 4.40. The van der Waals surface area contributed by atoms with Crippen molar-refractivity contribution in [3.8, 4) is 17.2 Å². The van der Waals surface area contributed by atoms with E-state index in [0.717, 1.165) is 52.0 Å². The number of rotatable bonds is 21. The SMILES string of the molecule is CCNCC(=O)C(CCSSC(C)(C)CCC(=O)Nc1cc(COc2cc3c(cc2C)C(=O)N2c4ccccc4C[C@H]2C=N3)cc(COc2cc3c(cc2OC)C(=O)N2c4ccccc4C[C@H]2CC3)c1)S(=O)(=O)O. The molecule has 0 saturated carbocycles. The van der Waals surface area contributed by atoms with Crippen molar-refractivity contribution in [2.75, 3.05) is 41.1 Å². The van der Waals surface area contributed by atoms with E-state index in [4.69, 9.17) is 19.2 Å². The predicted molar refractivity (Wildman–Crippen MR) is 293 cm³/mol. The maximum atomic E-state index is 14.1. The minimum Gasteiger partial charge on any atom is -0.493 e. The van der Waals surface area contributed by atoms with Crippen LogP contribution in [0.4, 0.5) is 22.7 Å².